The smallest absolute Gasteiger partial charge is 0.314 e. The Bertz CT molecular complexity index is 198. The molecule has 0 aromatic heterocycles. The SMILES string of the molecule is CCC1(CC)OC(=O)[C@H](CO)[C@H]1O. The van der Waals surface area contributed by atoms with Crippen molar-refractivity contribution in [2.24, 2.45) is 5.92 Å². The molecule has 0 aliphatic carbocycles. The monoisotopic (exact) mass is 188 g/mol. The normalized spacial score (nSPS) is 31.8. The Kier molecular flexibility index (Phi) is 2.93. The first-order valence-electron chi connectivity index (χ1n) is 4.63. The van der Waals surface area contributed by atoms with Crippen LogP contribution in [0.25, 0.3) is 0 Å². The van der Waals surface area contributed by atoms with Gasteiger partial charge in [-0.25, -0.2) is 0 Å². The van der Waals surface area contributed by atoms with E-state index in [1.807, 2.05) is 13.8 Å². The molecule has 0 unspecified atom stereocenters. The van der Waals surface area contributed by atoms with Crippen molar-refractivity contribution in [1.29, 1.82) is 0 Å². The Morgan fingerprint density at radius 1 is 1.46 bits per heavy atom. The van der Waals surface area contributed by atoms with Crippen LogP contribution in [0.2, 0.25) is 0 Å². The summed E-state index contributed by atoms with van der Waals surface area (Å²) in [6.45, 7) is 3.38. The number of hydrogen-bond donors (Lipinski definition) is 2. The summed E-state index contributed by atoms with van der Waals surface area (Å²) >= 11 is 0. The van der Waals surface area contributed by atoms with Gasteiger partial charge in [-0.2, -0.15) is 0 Å². The molecule has 1 rings (SSSR count). The predicted octanol–water partition coefficient (Wildman–Crippen LogP) is 0.0714. The summed E-state index contributed by atoms with van der Waals surface area (Å²) in [4.78, 5) is 11.2. The molecule has 4 heteroatoms. The topological polar surface area (TPSA) is 66.8 Å². The van der Waals surface area contributed by atoms with E-state index in [-0.39, 0.29) is 6.61 Å². The van der Waals surface area contributed by atoms with Crippen LogP contribution in [0.3, 0.4) is 0 Å². The quantitative estimate of drug-likeness (QED) is 0.615. The number of cyclic esters (lactones) is 1. The van der Waals surface area contributed by atoms with Crippen molar-refractivity contribution in [2.45, 2.75) is 38.4 Å². The summed E-state index contributed by atoms with van der Waals surface area (Å²) in [6.07, 6.45) is 0.278. The number of aliphatic hydroxyl groups excluding tert-OH is 2. The molecule has 0 aromatic carbocycles. The van der Waals surface area contributed by atoms with E-state index in [4.69, 9.17) is 9.84 Å². The molecule has 2 N–H and O–H groups in total. The van der Waals surface area contributed by atoms with Crippen LogP contribution in [0, 0.1) is 5.92 Å². The van der Waals surface area contributed by atoms with Crippen molar-refractivity contribution in [3.05, 3.63) is 0 Å². The van der Waals surface area contributed by atoms with Crippen LogP contribution in [-0.2, 0) is 9.53 Å². The minimum Gasteiger partial charge on any atom is -0.456 e. The number of rotatable bonds is 3. The lowest BCUT2D eigenvalue weighted by molar-refractivity contribution is -0.153. The average molecular weight is 188 g/mol. The molecule has 4 nitrogen and oxygen atoms in total. The average Bonchev–Trinajstić information content (AvgIpc) is 2.38. The molecule has 1 heterocycles. The van der Waals surface area contributed by atoms with Crippen LogP contribution < -0.4 is 0 Å². The van der Waals surface area contributed by atoms with Crippen molar-refractivity contribution in [2.75, 3.05) is 6.61 Å². The van der Waals surface area contributed by atoms with Crippen LogP contribution in [0.1, 0.15) is 26.7 Å². The van der Waals surface area contributed by atoms with E-state index in [2.05, 4.69) is 0 Å². The lowest BCUT2D eigenvalue weighted by Crippen LogP contribution is -2.41. The molecule has 0 aromatic rings. The number of ether oxygens (including phenoxy) is 1. The first-order chi connectivity index (χ1) is 6.11. The van der Waals surface area contributed by atoms with E-state index in [1.165, 1.54) is 0 Å². The minimum atomic E-state index is -0.875. The highest BCUT2D eigenvalue weighted by Crippen LogP contribution is 2.36. The van der Waals surface area contributed by atoms with Crippen molar-refractivity contribution in [3.63, 3.8) is 0 Å². The maximum absolute atomic E-state index is 11.2. The van der Waals surface area contributed by atoms with Gasteiger partial charge in [0.2, 0.25) is 0 Å². The Balaban J connectivity index is 2.87. The van der Waals surface area contributed by atoms with Gasteiger partial charge in [0.25, 0.3) is 0 Å². The zero-order valence-corrected chi connectivity index (χ0v) is 7.99. The van der Waals surface area contributed by atoms with E-state index in [1.54, 1.807) is 0 Å². The molecule has 0 bridgehead atoms. The fourth-order valence-corrected chi connectivity index (χ4v) is 1.82. The Morgan fingerprint density at radius 2 is 2.00 bits per heavy atom. The summed E-state index contributed by atoms with van der Waals surface area (Å²) in [7, 11) is 0. The van der Waals surface area contributed by atoms with Gasteiger partial charge in [0, 0.05) is 0 Å². The fraction of sp³-hybridized carbons (Fsp3) is 0.889. The standard InChI is InChI=1S/C9H16O4/c1-3-9(4-2)7(11)6(5-10)8(12)13-9/h6-7,10-11H,3-5H2,1-2H3/t6-,7-/m1/s1. The van der Waals surface area contributed by atoms with Gasteiger partial charge in [-0.15, -0.1) is 0 Å². The second-order valence-electron chi connectivity index (χ2n) is 3.43. The highest BCUT2D eigenvalue weighted by molar-refractivity contribution is 5.76. The third-order valence-electron chi connectivity index (χ3n) is 2.92. The summed E-state index contributed by atoms with van der Waals surface area (Å²) in [5.41, 5.74) is -0.773. The van der Waals surface area contributed by atoms with Gasteiger partial charge < -0.3 is 14.9 Å². The molecule has 1 aliphatic heterocycles. The lowest BCUT2D eigenvalue weighted by Gasteiger charge is -2.28. The molecule has 76 valence electrons. The molecule has 0 amide bonds. The van der Waals surface area contributed by atoms with E-state index >= 15 is 0 Å². The molecular formula is C9H16O4. The van der Waals surface area contributed by atoms with Crippen molar-refractivity contribution in [1.82, 2.24) is 0 Å². The number of carbonyl (C=O) groups excluding carboxylic acids is 1. The van der Waals surface area contributed by atoms with E-state index in [0.717, 1.165) is 0 Å². The summed E-state index contributed by atoms with van der Waals surface area (Å²) in [5.74, 6) is -1.25. The summed E-state index contributed by atoms with van der Waals surface area (Å²) in [5, 5.41) is 18.6. The molecule has 1 aliphatic rings. The first-order valence-corrected chi connectivity index (χ1v) is 4.63. The first kappa shape index (κ1) is 10.5. The summed E-state index contributed by atoms with van der Waals surface area (Å²) < 4.78 is 5.11. The van der Waals surface area contributed by atoms with E-state index < -0.39 is 23.6 Å². The van der Waals surface area contributed by atoms with Crippen molar-refractivity contribution >= 4 is 5.97 Å². The van der Waals surface area contributed by atoms with Gasteiger partial charge >= 0.3 is 5.97 Å². The molecule has 0 saturated carbocycles. The van der Waals surface area contributed by atoms with Crippen LogP contribution in [0.5, 0.6) is 0 Å². The highest BCUT2D eigenvalue weighted by atomic mass is 16.6. The molecule has 13 heavy (non-hydrogen) atoms. The highest BCUT2D eigenvalue weighted by Gasteiger charge is 2.52. The molecule has 2 atom stereocenters. The third-order valence-corrected chi connectivity index (χ3v) is 2.92. The summed E-state index contributed by atoms with van der Waals surface area (Å²) in [6, 6.07) is 0. The molecule has 0 radical (unpaired) electrons. The van der Waals surface area contributed by atoms with Crippen molar-refractivity contribution in [3.8, 4) is 0 Å². The second kappa shape index (κ2) is 3.64. The third kappa shape index (κ3) is 1.44. The van der Waals surface area contributed by atoms with Gasteiger partial charge in [0.1, 0.15) is 17.6 Å². The lowest BCUT2D eigenvalue weighted by atomic mass is 9.86. The van der Waals surface area contributed by atoms with Crippen LogP contribution in [-0.4, -0.2) is 34.5 Å². The molecular weight excluding hydrogens is 172 g/mol. The Labute approximate surface area is 77.5 Å². The van der Waals surface area contributed by atoms with Gasteiger partial charge in [0.15, 0.2) is 0 Å². The van der Waals surface area contributed by atoms with Gasteiger partial charge in [0.05, 0.1) is 6.61 Å². The van der Waals surface area contributed by atoms with Gasteiger partial charge in [-0.1, -0.05) is 13.8 Å². The van der Waals surface area contributed by atoms with Crippen LogP contribution in [0.4, 0.5) is 0 Å². The largest absolute Gasteiger partial charge is 0.456 e. The van der Waals surface area contributed by atoms with E-state index in [9.17, 15) is 9.90 Å². The number of aliphatic hydroxyl groups is 2. The Hall–Kier alpha value is -0.610. The maximum atomic E-state index is 11.2. The number of esters is 1. The van der Waals surface area contributed by atoms with Gasteiger partial charge in [-0.05, 0) is 12.8 Å². The van der Waals surface area contributed by atoms with Crippen LogP contribution in [0.15, 0.2) is 0 Å². The predicted molar refractivity (Wildman–Crippen MR) is 46.0 cm³/mol. The zero-order chi connectivity index (χ0) is 10.1. The second-order valence-corrected chi connectivity index (χ2v) is 3.43. The molecule has 0 spiro atoms. The molecule has 1 saturated heterocycles. The molecule has 1 fully saturated rings. The number of hydrogen-bond acceptors (Lipinski definition) is 4. The minimum absolute atomic E-state index is 0.345. The zero-order valence-electron chi connectivity index (χ0n) is 7.99. The maximum Gasteiger partial charge on any atom is 0.314 e. The Morgan fingerprint density at radius 3 is 2.23 bits per heavy atom. The van der Waals surface area contributed by atoms with Crippen LogP contribution >= 0.6 is 0 Å². The van der Waals surface area contributed by atoms with Crippen molar-refractivity contribution < 1.29 is 19.7 Å². The number of carbonyl (C=O) groups is 1. The van der Waals surface area contributed by atoms with E-state index in [0.29, 0.717) is 12.8 Å². The fourth-order valence-electron chi connectivity index (χ4n) is 1.82. The van der Waals surface area contributed by atoms with Gasteiger partial charge in [-0.3, -0.25) is 4.79 Å².